The maximum Gasteiger partial charge on any atom is 0.416 e. The van der Waals surface area contributed by atoms with E-state index in [-0.39, 0.29) is 31.5 Å². The molecule has 0 amide bonds. The Balaban J connectivity index is 2.27. The molecule has 1 atom stereocenters. The number of alkyl halides is 3. The van der Waals surface area contributed by atoms with Crippen molar-refractivity contribution in [2.24, 2.45) is 5.73 Å². The van der Waals surface area contributed by atoms with Crippen LogP contribution in [-0.2, 0) is 20.8 Å². The molecule has 0 aliphatic carbocycles. The number of benzene rings is 1. The Bertz CT molecular complexity index is 950. The minimum Gasteiger partial charge on any atom is -0.401 e. The molecular weight excluding hydrogens is 428 g/mol. The van der Waals surface area contributed by atoms with Crippen molar-refractivity contribution >= 4 is 9.84 Å². The van der Waals surface area contributed by atoms with Gasteiger partial charge in [-0.05, 0) is 45.0 Å². The third kappa shape index (κ3) is 6.19. The van der Waals surface area contributed by atoms with E-state index < -0.39 is 48.9 Å². The summed E-state index contributed by atoms with van der Waals surface area (Å²) in [6, 6.07) is 1.20. The van der Waals surface area contributed by atoms with E-state index in [2.05, 4.69) is 0 Å². The standard InChI is InChI=1S/C19H24F4N2O4S/c1-18(2,3)29-11-14(26)9-25-8-13(24)7-15(10-25)30(27,28)17-5-4-12(6-16(17)20)19(21,22)23/h4-7,10,14,26H,8-9,11,24H2,1-3H3. The number of allylic oxidation sites excluding steroid dienone is 1. The van der Waals surface area contributed by atoms with Crippen LogP contribution in [0.25, 0.3) is 0 Å². The number of hydrogen-bond donors (Lipinski definition) is 2. The fraction of sp³-hybridized carbons (Fsp3) is 0.474. The average molecular weight is 452 g/mol. The largest absolute Gasteiger partial charge is 0.416 e. The van der Waals surface area contributed by atoms with E-state index in [0.29, 0.717) is 12.1 Å². The second-order valence-corrected chi connectivity index (χ2v) is 9.82. The summed E-state index contributed by atoms with van der Waals surface area (Å²) in [6.45, 7) is 5.52. The van der Waals surface area contributed by atoms with Gasteiger partial charge in [-0.1, -0.05) is 0 Å². The molecule has 1 heterocycles. The van der Waals surface area contributed by atoms with E-state index in [1.165, 1.54) is 11.1 Å². The van der Waals surface area contributed by atoms with E-state index >= 15 is 0 Å². The predicted octanol–water partition coefficient (Wildman–Crippen LogP) is 2.79. The maximum absolute atomic E-state index is 14.2. The van der Waals surface area contributed by atoms with E-state index in [4.69, 9.17) is 10.5 Å². The van der Waals surface area contributed by atoms with Crippen molar-refractivity contribution in [1.29, 1.82) is 0 Å². The molecule has 1 aliphatic heterocycles. The van der Waals surface area contributed by atoms with Gasteiger partial charge in [0.15, 0.2) is 0 Å². The fourth-order valence-corrected chi connectivity index (χ4v) is 4.09. The molecule has 168 valence electrons. The van der Waals surface area contributed by atoms with Gasteiger partial charge in [0.2, 0.25) is 9.84 Å². The number of sulfone groups is 1. The smallest absolute Gasteiger partial charge is 0.401 e. The maximum atomic E-state index is 14.2. The summed E-state index contributed by atoms with van der Waals surface area (Å²) in [5, 5.41) is 10.1. The topological polar surface area (TPSA) is 92.9 Å². The number of rotatable bonds is 6. The van der Waals surface area contributed by atoms with E-state index in [9.17, 15) is 31.1 Å². The summed E-state index contributed by atoms with van der Waals surface area (Å²) in [6.07, 6.45) is -3.48. The van der Waals surface area contributed by atoms with Crippen molar-refractivity contribution in [1.82, 2.24) is 4.90 Å². The van der Waals surface area contributed by atoms with Gasteiger partial charge in [0.05, 0.1) is 35.3 Å². The summed E-state index contributed by atoms with van der Waals surface area (Å²) in [7, 11) is -4.48. The molecule has 1 unspecified atom stereocenters. The summed E-state index contributed by atoms with van der Waals surface area (Å²) < 4.78 is 83.4. The zero-order valence-corrected chi connectivity index (χ0v) is 17.5. The molecule has 0 saturated carbocycles. The molecule has 2 rings (SSSR count). The highest BCUT2D eigenvalue weighted by Crippen LogP contribution is 2.33. The third-order valence-corrected chi connectivity index (χ3v) is 5.79. The molecule has 0 spiro atoms. The lowest BCUT2D eigenvalue weighted by Gasteiger charge is -2.29. The molecule has 3 N–H and O–H groups in total. The van der Waals surface area contributed by atoms with Crippen LogP contribution in [0.1, 0.15) is 26.3 Å². The summed E-state index contributed by atoms with van der Waals surface area (Å²) in [4.78, 5) is 0.124. The van der Waals surface area contributed by atoms with Crippen LogP contribution in [0.5, 0.6) is 0 Å². The monoisotopic (exact) mass is 452 g/mol. The Morgan fingerprint density at radius 2 is 1.90 bits per heavy atom. The summed E-state index contributed by atoms with van der Waals surface area (Å²) in [5.41, 5.74) is 4.14. The van der Waals surface area contributed by atoms with Gasteiger partial charge in [0.25, 0.3) is 0 Å². The first-order valence-electron chi connectivity index (χ1n) is 8.95. The van der Waals surface area contributed by atoms with Gasteiger partial charge >= 0.3 is 6.18 Å². The second kappa shape index (κ2) is 8.56. The number of aliphatic hydroxyl groups excluding tert-OH is 1. The average Bonchev–Trinajstić information content (AvgIpc) is 2.57. The van der Waals surface area contributed by atoms with Crippen molar-refractivity contribution < 1.29 is 35.8 Å². The molecule has 1 aliphatic rings. The molecular formula is C19H24F4N2O4S. The van der Waals surface area contributed by atoms with Crippen LogP contribution in [0.3, 0.4) is 0 Å². The van der Waals surface area contributed by atoms with Crippen LogP contribution < -0.4 is 5.73 Å². The van der Waals surface area contributed by atoms with Crippen LogP contribution in [0, 0.1) is 5.82 Å². The molecule has 0 fully saturated rings. The zero-order chi connectivity index (χ0) is 22.9. The van der Waals surface area contributed by atoms with Gasteiger partial charge in [-0.15, -0.1) is 0 Å². The van der Waals surface area contributed by atoms with Gasteiger partial charge in [0, 0.05) is 18.4 Å². The highest BCUT2D eigenvalue weighted by atomic mass is 32.2. The quantitative estimate of drug-likeness (QED) is 0.645. The molecule has 0 saturated heterocycles. The Hall–Kier alpha value is -2.11. The van der Waals surface area contributed by atoms with Crippen LogP contribution in [0.4, 0.5) is 17.6 Å². The lowest BCUT2D eigenvalue weighted by Crippen LogP contribution is -2.37. The van der Waals surface area contributed by atoms with E-state index in [1.54, 1.807) is 0 Å². The lowest BCUT2D eigenvalue weighted by atomic mass is 10.2. The molecule has 6 nitrogen and oxygen atoms in total. The number of β-amino-alcohol motifs (C(OH)–C–C–N with tert-alkyl or cyclic N) is 1. The number of aliphatic hydroxyl groups is 1. The lowest BCUT2D eigenvalue weighted by molar-refractivity contribution is -0.137. The molecule has 1 aromatic carbocycles. The van der Waals surface area contributed by atoms with Crippen LogP contribution >= 0.6 is 0 Å². The first kappa shape index (κ1) is 24.2. The molecule has 0 aromatic heterocycles. The Morgan fingerprint density at radius 1 is 1.27 bits per heavy atom. The summed E-state index contributed by atoms with van der Waals surface area (Å²) >= 11 is 0. The highest BCUT2D eigenvalue weighted by Gasteiger charge is 2.33. The van der Waals surface area contributed by atoms with Crippen molar-refractivity contribution in [2.45, 2.75) is 43.5 Å². The fourth-order valence-electron chi connectivity index (χ4n) is 2.68. The zero-order valence-electron chi connectivity index (χ0n) is 16.7. The van der Waals surface area contributed by atoms with Crippen LogP contribution in [0.15, 0.2) is 46.0 Å². The van der Waals surface area contributed by atoms with Crippen LogP contribution in [-0.4, -0.2) is 49.8 Å². The van der Waals surface area contributed by atoms with Crippen molar-refractivity contribution in [3.8, 4) is 0 Å². The number of nitrogens with two attached hydrogens (primary N) is 1. The molecule has 0 radical (unpaired) electrons. The summed E-state index contributed by atoms with van der Waals surface area (Å²) in [5.74, 6) is -1.52. The number of nitrogens with zero attached hydrogens (tertiary/aromatic N) is 1. The van der Waals surface area contributed by atoms with E-state index in [1.807, 2.05) is 20.8 Å². The van der Waals surface area contributed by atoms with Crippen molar-refractivity contribution in [2.75, 3.05) is 19.7 Å². The van der Waals surface area contributed by atoms with Gasteiger partial charge in [-0.3, -0.25) is 0 Å². The van der Waals surface area contributed by atoms with E-state index in [0.717, 1.165) is 6.08 Å². The molecule has 30 heavy (non-hydrogen) atoms. The minimum absolute atomic E-state index is 0.00687. The van der Waals surface area contributed by atoms with Crippen molar-refractivity contribution in [3.05, 3.63) is 52.5 Å². The molecule has 11 heteroatoms. The normalized spacial score (nSPS) is 16.9. The number of halogens is 4. The Morgan fingerprint density at radius 3 is 2.43 bits per heavy atom. The highest BCUT2D eigenvalue weighted by molar-refractivity contribution is 7.95. The first-order chi connectivity index (χ1) is 13.6. The van der Waals surface area contributed by atoms with Crippen LogP contribution in [0.2, 0.25) is 0 Å². The third-order valence-electron chi connectivity index (χ3n) is 4.04. The van der Waals surface area contributed by atoms with Gasteiger partial charge in [0.1, 0.15) is 10.7 Å². The van der Waals surface area contributed by atoms with Crippen molar-refractivity contribution in [3.63, 3.8) is 0 Å². The Labute approximate surface area is 172 Å². The van der Waals surface area contributed by atoms with Gasteiger partial charge in [-0.2, -0.15) is 13.2 Å². The number of hydrogen-bond acceptors (Lipinski definition) is 6. The second-order valence-electron chi connectivity index (χ2n) is 7.90. The van der Waals surface area contributed by atoms with Gasteiger partial charge in [-0.25, -0.2) is 12.8 Å². The molecule has 1 aromatic rings. The first-order valence-corrected chi connectivity index (χ1v) is 10.4. The SMILES string of the molecule is CC(C)(C)OCC(O)CN1C=C(S(=O)(=O)c2ccc(C(F)(F)F)cc2F)C=C(N)C1. The minimum atomic E-state index is -4.81. The van der Waals surface area contributed by atoms with Gasteiger partial charge < -0.3 is 20.5 Å². The predicted molar refractivity (Wildman–Crippen MR) is 102 cm³/mol. The Kier molecular flexibility index (Phi) is 6.89. The molecule has 0 bridgehead atoms. The number of ether oxygens (including phenoxy) is 1.